The smallest absolute Gasteiger partial charge is 0.148 e. The molecule has 1 aromatic rings. The summed E-state index contributed by atoms with van der Waals surface area (Å²) < 4.78 is 14.4. The topological polar surface area (TPSA) is 26.0 Å². The second-order valence-electron chi connectivity index (χ2n) is 4.37. The first-order chi connectivity index (χ1) is 7.66. The summed E-state index contributed by atoms with van der Waals surface area (Å²) in [5, 5.41) is 0. The van der Waals surface area contributed by atoms with Gasteiger partial charge in [0.1, 0.15) is 5.67 Å². The van der Waals surface area contributed by atoms with Gasteiger partial charge in [0.05, 0.1) is 0 Å². The first kappa shape index (κ1) is 13.2. The summed E-state index contributed by atoms with van der Waals surface area (Å²) in [6, 6.07) is 7.79. The molecular formula is C14H22FN. The Kier molecular flexibility index (Phi) is 4.94. The average molecular weight is 223 g/mol. The van der Waals surface area contributed by atoms with Crippen molar-refractivity contribution < 1.29 is 4.39 Å². The molecule has 0 saturated heterocycles. The van der Waals surface area contributed by atoms with Crippen LogP contribution in [0.2, 0.25) is 0 Å². The van der Waals surface area contributed by atoms with Crippen LogP contribution < -0.4 is 5.73 Å². The molecule has 2 N–H and O–H groups in total. The van der Waals surface area contributed by atoms with Gasteiger partial charge in [-0.3, -0.25) is 0 Å². The van der Waals surface area contributed by atoms with E-state index in [4.69, 9.17) is 5.73 Å². The van der Waals surface area contributed by atoms with Gasteiger partial charge in [0.25, 0.3) is 0 Å². The van der Waals surface area contributed by atoms with E-state index in [1.807, 2.05) is 31.2 Å². The fourth-order valence-electron chi connectivity index (χ4n) is 2.02. The van der Waals surface area contributed by atoms with Gasteiger partial charge in [-0.05, 0) is 24.0 Å². The van der Waals surface area contributed by atoms with Crippen LogP contribution >= 0.6 is 0 Å². The lowest BCUT2D eigenvalue weighted by molar-refractivity contribution is 0.159. The summed E-state index contributed by atoms with van der Waals surface area (Å²) in [6.45, 7) is 4.19. The van der Waals surface area contributed by atoms with Crippen molar-refractivity contribution in [2.45, 2.75) is 45.2 Å². The van der Waals surface area contributed by atoms with E-state index in [2.05, 4.69) is 6.92 Å². The molecule has 1 unspecified atom stereocenters. The highest BCUT2D eigenvalue weighted by Crippen LogP contribution is 2.30. The van der Waals surface area contributed by atoms with Crippen molar-refractivity contribution in [2.24, 2.45) is 5.73 Å². The van der Waals surface area contributed by atoms with Crippen molar-refractivity contribution in [3.8, 4) is 0 Å². The molecular weight excluding hydrogens is 201 g/mol. The Morgan fingerprint density at radius 2 is 1.75 bits per heavy atom. The maximum absolute atomic E-state index is 14.4. The minimum atomic E-state index is -1.35. The van der Waals surface area contributed by atoms with Crippen LogP contribution in [0.3, 0.4) is 0 Å². The zero-order chi connectivity index (χ0) is 12.0. The Bertz CT molecular complexity index is 307. The molecule has 90 valence electrons. The van der Waals surface area contributed by atoms with E-state index in [1.54, 1.807) is 0 Å². The van der Waals surface area contributed by atoms with Crippen LogP contribution in [0, 0.1) is 0 Å². The van der Waals surface area contributed by atoms with Gasteiger partial charge >= 0.3 is 0 Å². The monoisotopic (exact) mass is 223 g/mol. The van der Waals surface area contributed by atoms with Crippen LogP contribution in [0.1, 0.15) is 44.2 Å². The normalized spacial score (nSPS) is 14.8. The highest BCUT2D eigenvalue weighted by Gasteiger charge is 2.28. The molecule has 1 rings (SSSR count). The predicted octanol–water partition coefficient (Wildman–Crippen LogP) is 3.56. The molecule has 0 aromatic heterocycles. The van der Waals surface area contributed by atoms with Crippen molar-refractivity contribution in [1.29, 1.82) is 0 Å². The fourth-order valence-corrected chi connectivity index (χ4v) is 2.02. The molecule has 2 heteroatoms. The van der Waals surface area contributed by atoms with E-state index < -0.39 is 5.67 Å². The van der Waals surface area contributed by atoms with Crippen molar-refractivity contribution in [3.63, 3.8) is 0 Å². The van der Waals surface area contributed by atoms with Crippen molar-refractivity contribution >= 4 is 0 Å². The highest BCUT2D eigenvalue weighted by molar-refractivity contribution is 5.27. The molecule has 0 saturated carbocycles. The van der Waals surface area contributed by atoms with E-state index in [9.17, 15) is 4.39 Å². The standard InChI is InChI=1S/C14H22FN/c1-3-5-12-6-8-13(9-7-12)14(15,11-16)10-4-2/h6-9H,3-5,10-11,16H2,1-2H3. The molecule has 0 aliphatic rings. The van der Waals surface area contributed by atoms with Gasteiger partial charge in [-0.15, -0.1) is 0 Å². The molecule has 1 nitrogen and oxygen atoms in total. The summed E-state index contributed by atoms with van der Waals surface area (Å²) in [5.74, 6) is 0. The van der Waals surface area contributed by atoms with Crippen LogP contribution in [0.15, 0.2) is 24.3 Å². The Balaban J connectivity index is 2.85. The van der Waals surface area contributed by atoms with Crippen molar-refractivity contribution in [1.82, 2.24) is 0 Å². The minimum absolute atomic E-state index is 0.0635. The Hall–Kier alpha value is -0.890. The Morgan fingerprint density at radius 1 is 1.12 bits per heavy atom. The second-order valence-corrected chi connectivity index (χ2v) is 4.37. The summed E-state index contributed by atoms with van der Waals surface area (Å²) >= 11 is 0. The number of hydrogen-bond donors (Lipinski definition) is 1. The van der Waals surface area contributed by atoms with Crippen LogP contribution in [0.5, 0.6) is 0 Å². The van der Waals surface area contributed by atoms with E-state index in [1.165, 1.54) is 5.56 Å². The number of halogens is 1. The molecule has 0 bridgehead atoms. The lowest BCUT2D eigenvalue weighted by Crippen LogP contribution is -2.30. The Labute approximate surface area is 97.9 Å². The highest BCUT2D eigenvalue weighted by atomic mass is 19.1. The molecule has 16 heavy (non-hydrogen) atoms. The molecule has 0 radical (unpaired) electrons. The molecule has 0 heterocycles. The molecule has 0 aliphatic carbocycles. The number of hydrogen-bond acceptors (Lipinski definition) is 1. The first-order valence-corrected chi connectivity index (χ1v) is 6.14. The largest absolute Gasteiger partial charge is 0.327 e. The van der Waals surface area contributed by atoms with Gasteiger partial charge in [-0.25, -0.2) is 4.39 Å². The maximum Gasteiger partial charge on any atom is 0.148 e. The molecule has 0 amide bonds. The number of benzene rings is 1. The molecule has 0 spiro atoms. The van der Waals surface area contributed by atoms with Crippen molar-refractivity contribution in [2.75, 3.05) is 6.54 Å². The summed E-state index contributed by atoms with van der Waals surface area (Å²) in [5.41, 5.74) is 6.18. The zero-order valence-electron chi connectivity index (χ0n) is 10.3. The number of alkyl halides is 1. The zero-order valence-corrected chi connectivity index (χ0v) is 10.3. The van der Waals surface area contributed by atoms with Crippen LogP contribution in [0.4, 0.5) is 4.39 Å². The predicted molar refractivity (Wildman–Crippen MR) is 67.2 cm³/mol. The molecule has 1 atom stereocenters. The fraction of sp³-hybridized carbons (Fsp3) is 0.571. The van der Waals surface area contributed by atoms with Gasteiger partial charge in [0, 0.05) is 6.54 Å². The number of rotatable bonds is 6. The van der Waals surface area contributed by atoms with Crippen LogP contribution in [-0.4, -0.2) is 6.54 Å². The van der Waals surface area contributed by atoms with Crippen molar-refractivity contribution in [3.05, 3.63) is 35.4 Å². The van der Waals surface area contributed by atoms with Gasteiger partial charge in [0.2, 0.25) is 0 Å². The summed E-state index contributed by atoms with van der Waals surface area (Å²) in [7, 11) is 0. The van der Waals surface area contributed by atoms with E-state index >= 15 is 0 Å². The number of nitrogens with two attached hydrogens (primary N) is 1. The third-order valence-electron chi connectivity index (χ3n) is 2.98. The third kappa shape index (κ3) is 3.05. The van der Waals surface area contributed by atoms with E-state index in [-0.39, 0.29) is 6.54 Å². The van der Waals surface area contributed by atoms with Gasteiger partial charge in [-0.2, -0.15) is 0 Å². The lowest BCUT2D eigenvalue weighted by atomic mass is 9.90. The average Bonchev–Trinajstić information content (AvgIpc) is 2.30. The summed E-state index contributed by atoms with van der Waals surface area (Å²) in [4.78, 5) is 0. The van der Waals surface area contributed by atoms with Gasteiger partial charge in [0.15, 0.2) is 0 Å². The van der Waals surface area contributed by atoms with E-state index in [0.29, 0.717) is 6.42 Å². The molecule has 0 fully saturated rings. The van der Waals surface area contributed by atoms with E-state index in [0.717, 1.165) is 24.8 Å². The third-order valence-corrected chi connectivity index (χ3v) is 2.98. The quantitative estimate of drug-likeness (QED) is 0.784. The molecule has 1 aromatic carbocycles. The number of aryl methyl sites for hydroxylation is 1. The van der Waals surface area contributed by atoms with Crippen LogP contribution in [0.25, 0.3) is 0 Å². The molecule has 0 aliphatic heterocycles. The Morgan fingerprint density at radius 3 is 2.19 bits per heavy atom. The summed E-state index contributed by atoms with van der Waals surface area (Å²) in [6.07, 6.45) is 3.48. The first-order valence-electron chi connectivity index (χ1n) is 6.14. The maximum atomic E-state index is 14.4. The van der Waals surface area contributed by atoms with Gasteiger partial charge in [-0.1, -0.05) is 51.0 Å². The second kappa shape index (κ2) is 6.00. The van der Waals surface area contributed by atoms with Gasteiger partial charge < -0.3 is 5.73 Å². The lowest BCUT2D eigenvalue weighted by Gasteiger charge is -2.23. The minimum Gasteiger partial charge on any atom is -0.327 e. The SMILES string of the molecule is CCCc1ccc(C(F)(CN)CCC)cc1. The van der Waals surface area contributed by atoms with Crippen LogP contribution in [-0.2, 0) is 12.1 Å².